The van der Waals surface area contributed by atoms with Gasteiger partial charge in [0.25, 0.3) is 5.91 Å². The summed E-state index contributed by atoms with van der Waals surface area (Å²) < 4.78 is 5.72. The lowest BCUT2D eigenvalue weighted by atomic mass is 9.93. The van der Waals surface area contributed by atoms with Crippen LogP contribution < -0.4 is 10.2 Å². The van der Waals surface area contributed by atoms with Crippen LogP contribution in [0.2, 0.25) is 0 Å². The summed E-state index contributed by atoms with van der Waals surface area (Å²) in [4.78, 5) is 30.4. The molecule has 8 nitrogen and oxygen atoms in total. The number of amides is 1. The zero-order chi connectivity index (χ0) is 30.3. The Bertz CT molecular complexity index is 1700. The Labute approximate surface area is 260 Å². The first-order chi connectivity index (χ1) is 21.5. The maximum atomic E-state index is 12.5. The Morgan fingerprint density at radius 2 is 1.91 bits per heavy atom. The van der Waals surface area contributed by atoms with E-state index in [1.165, 1.54) is 24.0 Å². The van der Waals surface area contributed by atoms with E-state index < -0.39 is 5.97 Å². The maximum Gasteiger partial charge on any atom is 0.305 e. The number of thiazole rings is 1. The minimum absolute atomic E-state index is 0.0874. The number of anilines is 2. The van der Waals surface area contributed by atoms with E-state index in [-0.39, 0.29) is 24.8 Å². The summed E-state index contributed by atoms with van der Waals surface area (Å²) in [5.74, 6) is -0.398. The standard InChI is InChI=1S/C35H34N4O4S/c40-33(41)19-20-36-34(42)28-13-11-24(12-14-28)22-39(29-17-15-26(16-18-29)25-7-3-1-4-8-25)35-37-31(23-44-35)32-21-30(38-43-32)27-9-5-2-6-10-27/h2,5-7,9,11-18,21,23,27H,1,3-4,8,10,19-20,22H2,(H,36,42)(H,40,41). The van der Waals surface area contributed by atoms with Gasteiger partial charge in [-0.15, -0.1) is 11.3 Å². The highest BCUT2D eigenvalue weighted by atomic mass is 32.1. The van der Waals surface area contributed by atoms with E-state index in [4.69, 9.17) is 14.6 Å². The predicted octanol–water partition coefficient (Wildman–Crippen LogP) is 7.90. The van der Waals surface area contributed by atoms with E-state index in [1.54, 1.807) is 23.5 Å². The molecular formula is C35H34N4O4S. The summed E-state index contributed by atoms with van der Waals surface area (Å²) in [6.07, 6.45) is 16.2. The highest BCUT2D eigenvalue weighted by Crippen LogP contribution is 2.36. The number of carboxylic acids is 1. The molecule has 2 N–H and O–H groups in total. The van der Waals surface area contributed by atoms with Crippen molar-refractivity contribution in [3.05, 3.63) is 113 Å². The zero-order valence-corrected chi connectivity index (χ0v) is 25.1. The topological polar surface area (TPSA) is 109 Å². The summed E-state index contributed by atoms with van der Waals surface area (Å²) in [5.41, 5.74) is 6.80. The Balaban J connectivity index is 1.24. The van der Waals surface area contributed by atoms with Gasteiger partial charge in [0.05, 0.1) is 18.7 Å². The molecule has 2 aromatic heterocycles. The number of aliphatic carboxylic acids is 1. The molecule has 0 radical (unpaired) electrons. The van der Waals surface area contributed by atoms with Gasteiger partial charge in [-0.2, -0.15) is 0 Å². The average Bonchev–Trinajstić information content (AvgIpc) is 3.76. The summed E-state index contributed by atoms with van der Waals surface area (Å²) in [7, 11) is 0. The molecule has 0 aliphatic heterocycles. The smallest absolute Gasteiger partial charge is 0.305 e. The Kier molecular flexibility index (Phi) is 9.12. The molecule has 0 spiro atoms. The number of benzene rings is 2. The molecule has 2 aliphatic rings. The molecule has 1 amide bonds. The van der Waals surface area contributed by atoms with Crippen LogP contribution in [0.25, 0.3) is 17.0 Å². The summed E-state index contributed by atoms with van der Waals surface area (Å²) in [5, 5.41) is 18.6. The second kappa shape index (κ2) is 13.7. The first kappa shape index (κ1) is 29.3. The summed E-state index contributed by atoms with van der Waals surface area (Å²) >= 11 is 1.54. The molecule has 1 atom stereocenters. The minimum atomic E-state index is -0.947. The second-order valence-corrected chi connectivity index (χ2v) is 11.8. The molecule has 0 fully saturated rings. The van der Waals surface area contributed by atoms with Gasteiger partial charge >= 0.3 is 5.97 Å². The molecule has 2 heterocycles. The van der Waals surface area contributed by atoms with Crippen LogP contribution in [0.3, 0.4) is 0 Å². The van der Waals surface area contributed by atoms with Gasteiger partial charge in [0, 0.05) is 35.2 Å². The molecular weight excluding hydrogens is 572 g/mol. The van der Waals surface area contributed by atoms with Crippen LogP contribution in [0.1, 0.15) is 71.6 Å². The van der Waals surface area contributed by atoms with Crippen molar-refractivity contribution in [2.75, 3.05) is 11.4 Å². The van der Waals surface area contributed by atoms with Crippen LogP contribution in [0.5, 0.6) is 0 Å². The average molecular weight is 607 g/mol. The highest BCUT2D eigenvalue weighted by Gasteiger charge is 2.20. The zero-order valence-electron chi connectivity index (χ0n) is 24.3. The van der Waals surface area contributed by atoms with Crippen LogP contribution in [0.4, 0.5) is 10.8 Å². The largest absolute Gasteiger partial charge is 0.481 e. The third-order valence-corrected chi connectivity index (χ3v) is 8.75. The van der Waals surface area contributed by atoms with Crippen molar-refractivity contribution >= 4 is 39.6 Å². The lowest BCUT2D eigenvalue weighted by Gasteiger charge is -2.23. The summed E-state index contributed by atoms with van der Waals surface area (Å²) in [6.45, 7) is 0.626. The van der Waals surface area contributed by atoms with Crippen molar-refractivity contribution in [2.45, 2.75) is 51.0 Å². The molecule has 224 valence electrons. The quantitative estimate of drug-likeness (QED) is 0.179. The minimum Gasteiger partial charge on any atom is -0.481 e. The Morgan fingerprint density at radius 3 is 2.64 bits per heavy atom. The van der Waals surface area contributed by atoms with Gasteiger partial charge in [-0.3, -0.25) is 9.59 Å². The van der Waals surface area contributed by atoms with Gasteiger partial charge in [-0.05, 0) is 73.1 Å². The molecule has 9 heteroatoms. The van der Waals surface area contributed by atoms with Gasteiger partial charge in [-0.25, -0.2) is 4.98 Å². The maximum absolute atomic E-state index is 12.5. The molecule has 44 heavy (non-hydrogen) atoms. The SMILES string of the molecule is O=C(O)CCNC(=O)c1ccc(CN(c2ccc(C3=CCCCC3)cc2)c2nc(-c3cc(C4C=CC=CC4)no3)cs2)cc1. The van der Waals surface area contributed by atoms with E-state index in [9.17, 15) is 9.59 Å². The van der Waals surface area contributed by atoms with E-state index in [0.717, 1.165) is 47.0 Å². The number of rotatable bonds is 11. The monoisotopic (exact) mass is 606 g/mol. The fourth-order valence-corrected chi connectivity index (χ4v) is 6.27. The van der Waals surface area contributed by atoms with Crippen molar-refractivity contribution < 1.29 is 19.2 Å². The van der Waals surface area contributed by atoms with Gasteiger partial charge in [0.1, 0.15) is 5.69 Å². The highest BCUT2D eigenvalue weighted by molar-refractivity contribution is 7.14. The van der Waals surface area contributed by atoms with Crippen LogP contribution >= 0.6 is 11.3 Å². The molecule has 0 saturated heterocycles. The van der Waals surface area contributed by atoms with E-state index in [2.05, 4.69) is 57.9 Å². The van der Waals surface area contributed by atoms with Crippen LogP contribution in [-0.2, 0) is 11.3 Å². The van der Waals surface area contributed by atoms with Crippen molar-refractivity contribution in [1.29, 1.82) is 0 Å². The van der Waals surface area contributed by atoms with E-state index in [0.29, 0.717) is 17.9 Å². The lowest BCUT2D eigenvalue weighted by molar-refractivity contribution is -0.136. The van der Waals surface area contributed by atoms with E-state index >= 15 is 0 Å². The number of carbonyl (C=O) groups is 2. The molecule has 1 unspecified atom stereocenters. The van der Waals surface area contributed by atoms with Gasteiger partial charge in [0.15, 0.2) is 10.9 Å². The number of aromatic nitrogens is 2. The van der Waals surface area contributed by atoms with Crippen LogP contribution in [0, 0.1) is 0 Å². The van der Waals surface area contributed by atoms with Crippen molar-refractivity contribution in [1.82, 2.24) is 15.5 Å². The molecule has 2 aromatic carbocycles. The number of hydrogen-bond acceptors (Lipinski definition) is 7. The molecule has 2 aliphatic carbocycles. The van der Waals surface area contributed by atoms with Gasteiger partial charge < -0.3 is 19.8 Å². The lowest BCUT2D eigenvalue weighted by Crippen LogP contribution is -2.26. The first-order valence-electron chi connectivity index (χ1n) is 15.0. The normalized spacial score (nSPS) is 16.0. The van der Waals surface area contributed by atoms with Crippen LogP contribution in [-0.4, -0.2) is 33.7 Å². The Morgan fingerprint density at radius 1 is 1.07 bits per heavy atom. The summed E-state index contributed by atoms with van der Waals surface area (Å²) in [6, 6.07) is 18.0. The predicted molar refractivity (Wildman–Crippen MR) is 173 cm³/mol. The van der Waals surface area contributed by atoms with E-state index in [1.807, 2.05) is 35.7 Å². The molecule has 0 saturated carbocycles. The van der Waals surface area contributed by atoms with Crippen molar-refractivity contribution in [3.63, 3.8) is 0 Å². The number of hydrogen-bond donors (Lipinski definition) is 2. The van der Waals surface area contributed by atoms with Crippen molar-refractivity contribution in [3.8, 4) is 11.5 Å². The number of allylic oxidation sites excluding steroid dienone is 6. The van der Waals surface area contributed by atoms with Crippen LogP contribution in [0.15, 0.2) is 94.9 Å². The number of carboxylic acid groups (broad SMARTS) is 1. The molecule has 4 aromatic rings. The van der Waals surface area contributed by atoms with Crippen molar-refractivity contribution in [2.24, 2.45) is 0 Å². The number of nitrogens with zero attached hydrogens (tertiary/aromatic N) is 3. The molecule has 0 bridgehead atoms. The number of carbonyl (C=O) groups excluding carboxylic acids is 1. The Hall–Kier alpha value is -4.76. The van der Waals surface area contributed by atoms with Gasteiger partial charge in [0.2, 0.25) is 0 Å². The fourth-order valence-electron chi connectivity index (χ4n) is 5.44. The fraction of sp³-hybridized carbons (Fsp3) is 0.257. The number of nitrogens with one attached hydrogen (secondary N) is 1. The third-order valence-electron chi connectivity index (χ3n) is 7.89. The molecule has 6 rings (SSSR count). The second-order valence-electron chi connectivity index (χ2n) is 11.0. The van der Waals surface area contributed by atoms with Gasteiger partial charge in [-0.1, -0.05) is 59.8 Å². The first-order valence-corrected chi connectivity index (χ1v) is 15.8. The third kappa shape index (κ3) is 7.06.